The Morgan fingerprint density at radius 3 is 2.15 bits per heavy atom. The van der Waals surface area contributed by atoms with E-state index in [4.69, 9.17) is 0 Å². The molecule has 3 atom stereocenters. The van der Waals surface area contributed by atoms with Crippen molar-refractivity contribution in [1.29, 1.82) is 0 Å². The van der Waals surface area contributed by atoms with Gasteiger partial charge < -0.3 is 20.0 Å². The fourth-order valence-electron chi connectivity index (χ4n) is 2.86. The standard InChI is InChI=1S/C14H24N2O4/c1-14(2,3)13(20)16-6-4-5-9(16)12(19)15-7-10(17)11(18)8-15/h9-11,17-18H,4-8H2,1-3H3/t9?,10-,11+. The van der Waals surface area contributed by atoms with Gasteiger partial charge >= 0.3 is 0 Å². The summed E-state index contributed by atoms with van der Waals surface area (Å²) in [5.74, 6) is -0.177. The molecule has 2 amide bonds. The molecule has 2 fully saturated rings. The van der Waals surface area contributed by atoms with E-state index in [0.29, 0.717) is 13.0 Å². The number of carbonyl (C=O) groups is 2. The molecule has 2 heterocycles. The summed E-state index contributed by atoms with van der Waals surface area (Å²) in [6, 6.07) is -0.445. The van der Waals surface area contributed by atoms with E-state index >= 15 is 0 Å². The number of aliphatic hydroxyl groups is 2. The first-order chi connectivity index (χ1) is 9.21. The molecule has 20 heavy (non-hydrogen) atoms. The normalized spacial score (nSPS) is 30.9. The molecule has 0 aliphatic carbocycles. The minimum atomic E-state index is -0.882. The van der Waals surface area contributed by atoms with Crippen molar-refractivity contribution in [3.63, 3.8) is 0 Å². The van der Waals surface area contributed by atoms with E-state index in [1.165, 1.54) is 4.90 Å². The monoisotopic (exact) mass is 284 g/mol. The van der Waals surface area contributed by atoms with Crippen LogP contribution in [0.5, 0.6) is 0 Å². The van der Waals surface area contributed by atoms with Gasteiger partial charge in [-0.15, -0.1) is 0 Å². The maximum atomic E-state index is 12.5. The Hall–Kier alpha value is -1.14. The van der Waals surface area contributed by atoms with Crippen molar-refractivity contribution in [2.45, 2.75) is 51.9 Å². The highest BCUT2D eigenvalue weighted by atomic mass is 16.3. The van der Waals surface area contributed by atoms with Gasteiger partial charge in [-0.2, -0.15) is 0 Å². The molecule has 0 spiro atoms. The number of hydrogen-bond acceptors (Lipinski definition) is 4. The third-order valence-electron chi connectivity index (χ3n) is 4.01. The first-order valence-electron chi connectivity index (χ1n) is 7.18. The number of likely N-dealkylation sites (tertiary alicyclic amines) is 2. The maximum absolute atomic E-state index is 12.5. The average Bonchev–Trinajstić information content (AvgIpc) is 2.94. The topological polar surface area (TPSA) is 81.1 Å². The number of carbonyl (C=O) groups excluding carboxylic acids is 2. The van der Waals surface area contributed by atoms with Crippen molar-refractivity contribution in [3.8, 4) is 0 Å². The number of aliphatic hydroxyl groups excluding tert-OH is 2. The van der Waals surface area contributed by atoms with Crippen LogP contribution >= 0.6 is 0 Å². The molecule has 1 unspecified atom stereocenters. The van der Waals surface area contributed by atoms with Crippen LogP contribution in [0.4, 0.5) is 0 Å². The Bertz CT molecular complexity index is 394. The molecule has 0 aromatic heterocycles. The summed E-state index contributed by atoms with van der Waals surface area (Å²) < 4.78 is 0. The zero-order chi connectivity index (χ0) is 15.1. The van der Waals surface area contributed by atoms with Gasteiger partial charge in [0, 0.05) is 25.0 Å². The summed E-state index contributed by atoms with van der Waals surface area (Å²) in [6.07, 6.45) is -0.292. The van der Waals surface area contributed by atoms with Crippen LogP contribution in [-0.4, -0.2) is 69.7 Å². The van der Waals surface area contributed by atoms with Crippen LogP contribution in [0.1, 0.15) is 33.6 Å². The van der Waals surface area contributed by atoms with Gasteiger partial charge in [0.05, 0.1) is 12.2 Å². The molecule has 0 bridgehead atoms. The van der Waals surface area contributed by atoms with Gasteiger partial charge in [0.1, 0.15) is 6.04 Å². The van der Waals surface area contributed by atoms with Crippen LogP contribution in [-0.2, 0) is 9.59 Å². The fourth-order valence-corrected chi connectivity index (χ4v) is 2.86. The summed E-state index contributed by atoms with van der Waals surface area (Å²) in [7, 11) is 0. The molecule has 2 aliphatic rings. The highest BCUT2D eigenvalue weighted by Crippen LogP contribution is 2.27. The van der Waals surface area contributed by atoms with E-state index in [0.717, 1.165) is 6.42 Å². The Morgan fingerprint density at radius 2 is 1.65 bits per heavy atom. The van der Waals surface area contributed by atoms with Crippen LogP contribution in [0.25, 0.3) is 0 Å². The number of hydrogen-bond donors (Lipinski definition) is 2. The van der Waals surface area contributed by atoms with Crippen molar-refractivity contribution in [2.24, 2.45) is 5.41 Å². The van der Waals surface area contributed by atoms with Crippen molar-refractivity contribution in [2.75, 3.05) is 19.6 Å². The summed E-state index contributed by atoms with van der Waals surface area (Å²) >= 11 is 0. The maximum Gasteiger partial charge on any atom is 0.245 e. The summed E-state index contributed by atoms with van der Waals surface area (Å²) in [6.45, 7) is 6.43. The molecule has 2 saturated heterocycles. The lowest BCUT2D eigenvalue weighted by atomic mass is 9.94. The zero-order valence-electron chi connectivity index (χ0n) is 12.4. The summed E-state index contributed by atoms with van der Waals surface area (Å²) in [5.41, 5.74) is -0.507. The third kappa shape index (κ3) is 2.81. The molecule has 0 saturated carbocycles. The lowest BCUT2D eigenvalue weighted by Gasteiger charge is -2.32. The van der Waals surface area contributed by atoms with Crippen LogP contribution in [0.15, 0.2) is 0 Å². The number of β-amino-alcohol motifs (C(OH)–C–C–N with tert-alkyl or cyclic N) is 2. The van der Waals surface area contributed by atoms with Crippen LogP contribution in [0.3, 0.4) is 0 Å². The molecule has 0 aromatic carbocycles. The highest BCUT2D eigenvalue weighted by Gasteiger charge is 2.42. The average molecular weight is 284 g/mol. The molecule has 114 valence electrons. The molecule has 2 aliphatic heterocycles. The molecule has 2 N–H and O–H groups in total. The van der Waals surface area contributed by atoms with Gasteiger partial charge in [0.25, 0.3) is 0 Å². The van der Waals surface area contributed by atoms with E-state index in [2.05, 4.69) is 0 Å². The van der Waals surface area contributed by atoms with Crippen molar-refractivity contribution in [3.05, 3.63) is 0 Å². The van der Waals surface area contributed by atoms with Gasteiger partial charge in [-0.1, -0.05) is 20.8 Å². The van der Waals surface area contributed by atoms with Gasteiger partial charge in [0.15, 0.2) is 0 Å². The summed E-state index contributed by atoms with van der Waals surface area (Å²) in [4.78, 5) is 28.0. The first-order valence-corrected chi connectivity index (χ1v) is 7.18. The molecule has 2 rings (SSSR count). The molecular formula is C14H24N2O4. The third-order valence-corrected chi connectivity index (χ3v) is 4.01. The quantitative estimate of drug-likeness (QED) is 0.686. The van der Waals surface area contributed by atoms with E-state index in [1.807, 2.05) is 20.8 Å². The van der Waals surface area contributed by atoms with Gasteiger partial charge in [0.2, 0.25) is 11.8 Å². The molecule has 0 radical (unpaired) electrons. The first kappa shape index (κ1) is 15.3. The van der Waals surface area contributed by atoms with Crippen molar-refractivity contribution in [1.82, 2.24) is 9.80 Å². The van der Waals surface area contributed by atoms with Crippen molar-refractivity contribution < 1.29 is 19.8 Å². The SMILES string of the molecule is CC(C)(C)C(=O)N1CCCC1C(=O)N1C[C@@H](O)[C@@H](O)C1. The second-order valence-electron chi connectivity index (χ2n) is 6.78. The smallest absolute Gasteiger partial charge is 0.245 e. The minimum absolute atomic E-state index is 0.0198. The van der Waals surface area contributed by atoms with Gasteiger partial charge in [-0.25, -0.2) is 0 Å². The number of rotatable bonds is 1. The predicted octanol–water partition coefficient (Wildman–Crippen LogP) is -0.412. The van der Waals surface area contributed by atoms with Gasteiger partial charge in [-0.3, -0.25) is 9.59 Å². The molecule has 6 nitrogen and oxygen atoms in total. The zero-order valence-corrected chi connectivity index (χ0v) is 12.4. The molecule has 6 heteroatoms. The van der Waals surface area contributed by atoms with Crippen LogP contribution in [0.2, 0.25) is 0 Å². The molecular weight excluding hydrogens is 260 g/mol. The number of nitrogens with zero attached hydrogens (tertiary/aromatic N) is 2. The van der Waals surface area contributed by atoms with Crippen LogP contribution < -0.4 is 0 Å². The number of amides is 2. The molecule has 0 aromatic rings. The second-order valence-corrected chi connectivity index (χ2v) is 6.78. The van der Waals surface area contributed by atoms with E-state index < -0.39 is 23.7 Å². The second kappa shape index (κ2) is 5.33. The van der Waals surface area contributed by atoms with Crippen molar-refractivity contribution >= 4 is 11.8 Å². The lowest BCUT2D eigenvalue weighted by molar-refractivity contribution is -0.148. The van der Waals surface area contributed by atoms with E-state index in [-0.39, 0.29) is 24.9 Å². The Kier molecular flexibility index (Phi) is 4.07. The van der Waals surface area contributed by atoms with Gasteiger partial charge in [-0.05, 0) is 12.8 Å². The largest absolute Gasteiger partial charge is 0.388 e. The minimum Gasteiger partial charge on any atom is -0.388 e. The Balaban J connectivity index is 2.08. The summed E-state index contributed by atoms with van der Waals surface area (Å²) in [5, 5.41) is 19.1. The highest BCUT2D eigenvalue weighted by molar-refractivity contribution is 5.90. The lowest BCUT2D eigenvalue weighted by Crippen LogP contribution is -2.50. The van der Waals surface area contributed by atoms with E-state index in [9.17, 15) is 19.8 Å². The Morgan fingerprint density at radius 1 is 1.10 bits per heavy atom. The fraction of sp³-hybridized carbons (Fsp3) is 0.857. The predicted molar refractivity (Wildman–Crippen MR) is 72.8 cm³/mol. The van der Waals surface area contributed by atoms with E-state index in [1.54, 1.807) is 4.90 Å². The van der Waals surface area contributed by atoms with Crippen LogP contribution in [0, 0.1) is 5.41 Å². The Labute approximate surface area is 119 Å².